The van der Waals surface area contributed by atoms with Crippen molar-refractivity contribution in [2.24, 2.45) is 0 Å². The Bertz CT molecular complexity index is 426. The van der Waals surface area contributed by atoms with Crippen molar-refractivity contribution in [2.45, 2.75) is 63.9 Å². The van der Waals surface area contributed by atoms with Crippen molar-refractivity contribution in [3.8, 4) is 0 Å². The predicted octanol–water partition coefficient (Wildman–Crippen LogP) is 3.55. The van der Waals surface area contributed by atoms with Crippen LogP contribution in [0.2, 0.25) is 0 Å². The smallest absolute Gasteiger partial charge is 0.318 e. The minimum Gasteiger partial charge on any atom is -0.465 e. The van der Waals surface area contributed by atoms with Gasteiger partial charge in [0.15, 0.2) is 5.82 Å². The van der Waals surface area contributed by atoms with Gasteiger partial charge in [-0.1, -0.05) is 39.3 Å². The first-order valence-corrected chi connectivity index (χ1v) is 7.99. The van der Waals surface area contributed by atoms with E-state index in [-0.39, 0.29) is 10.7 Å². The summed E-state index contributed by atoms with van der Waals surface area (Å²) in [4.78, 5) is 16.2. The molecular formula is C14H24N2O3S. The van der Waals surface area contributed by atoms with Gasteiger partial charge in [-0.2, -0.15) is 4.98 Å². The van der Waals surface area contributed by atoms with Gasteiger partial charge >= 0.3 is 5.97 Å². The number of carbonyl (C=O) groups is 1. The van der Waals surface area contributed by atoms with E-state index in [2.05, 4.69) is 30.9 Å². The van der Waals surface area contributed by atoms with E-state index >= 15 is 0 Å². The number of hydrogen-bond acceptors (Lipinski definition) is 6. The van der Waals surface area contributed by atoms with Crippen molar-refractivity contribution in [3.05, 3.63) is 11.7 Å². The Kier molecular flexibility index (Phi) is 6.52. The Balaban J connectivity index is 2.73. The average molecular weight is 300 g/mol. The van der Waals surface area contributed by atoms with Crippen LogP contribution in [0.4, 0.5) is 0 Å². The van der Waals surface area contributed by atoms with E-state index < -0.39 is 5.92 Å². The highest BCUT2D eigenvalue weighted by Gasteiger charge is 2.27. The molecule has 20 heavy (non-hydrogen) atoms. The number of aromatic nitrogens is 2. The lowest BCUT2D eigenvalue weighted by atomic mass is 10.0. The minimum atomic E-state index is -0.444. The fourth-order valence-electron chi connectivity index (χ4n) is 1.62. The van der Waals surface area contributed by atoms with Crippen molar-refractivity contribution in [1.82, 2.24) is 10.1 Å². The molecule has 0 radical (unpaired) electrons. The van der Waals surface area contributed by atoms with E-state index in [0.29, 0.717) is 30.5 Å². The molecular weight excluding hydrogens is 276 g/mol. The van der Waals surface area contributed by atoms with E-state index in [9.17, 15) is 4.79 Å². The molecule has 0 amide bonds. The molecule has 1 unspecified atom stereocenters. The largest absolute Gasteiger partial charge is 0.465 e. The first kappa shape index (κ1) is 17.0. The summed E-state index contributed by atoms with van der Waals surface area (Å²) >= 11 is 1.74. The molecule has 1 aromatic rings. The number of hydrogen-bond donors (Lipinski definition) is 0. The van der Waals surface area contributed by atoms with Crippen LogP contribution in [-0.2, 0) is 15.3 Å². The van der Waals surface area contributed by atoms with Gasteiger partial charge in [0, 0.05) is 4.75 Å². The number of nitrogens with zero attached hydrogens (tertiary/aromatic N) is 2. The molecule has 5 nitrogen and oxygen atoms in total. The van der Waals surface area contributed by atoms with Crippen molar-refractivity contribution in [2.75, 3.05) is 6.61 Å². The molecule has 0 fully saturated rings. The third-order valence-corrected chi connectivity index (χ3v) is 3.83. The molecule has 1 aromatic heterocycles. The number of ether oxygens (including phenoxy) is 1. The number of carbonyl (C=O) groups excluding carboxylic acids is 1. The summed E-state index contributed by atoms with van der Waals surface area (Å²) in [5.74, 6) is 0.947. The predicted molar refractivity (Wildman–Crippen MR) is 79.6 cm³/mol. The van der Waals surface area contributed by atoms with Crippen molar-refractivity contribution < 1.29 is 14.1 Å². The van der Waals surface area contributed by atoms with Gasteiger partial charge in [-0.3, -0.25) is 4.79 Å². The maximum absolute atomic E-state index is 11.9. The fraction of sp³-hybridized carbons (Fsp3) is 0.786. The quantitative estimate of drug-likeness (QED) is 0.717. The monoisotopic (exact) mass is 300 g/mol. The molecule has 1 atom stereocenters. The zero-order valence-electron chi connectivity index (χ0n) is 12.9. The van der Waals surface area contributed by atoms with Crippen LogP contribution in [-0.4, -0.2) is 27.5 Å². The summed E-state index contributed by atoms with van der Waals surface area (Å²) in [6.45, 7) is 10.6. The number of thioether (sulfide) groups is 1. The van der Waals surface area contributed by atoms with Crippen LogP contribution in [0.1, 0.15) is 65.1 Å². The van der Waals surface area contributed by atoms with E-state index in [4.69, 9.17) is 9.26 Å². The van der Waals surface area contributed by atoms with E-state index in [1.807, 2.05) is 6.92 Å². The van der Waals surface area contributed by atoms with Crippen LogP contribution >= 0.6 is 11.8 Å². The normalized spacial score (nSPS) is 13.2. The summed E-state index contributed by atoms with van der Waals surface area (Å²) in [6.07, 6.45) is 1.52. The Morgan fingerprint density at radius 2 is 2.10 bits per heavy atom. The minimum absolute atomic E-state index is 0.144. The summed E-state index contributed by atoms with van der Waals surface area (Å²) in [7, 11) is 0. The molecule has 0 N–H and O–H groups in total. The lowest BCUT2D eigenvalue weighted by Gasteiger charge is -2.15. The topological polar surface area (TPSA) is 65.2 Å². The van der Waals surface area contributed by atoms with Crippen LogP contribution in [0.15, 0.2) is 4.52 Å². The lowest BCUT2D eigenvalue weighted by Crippen LogP contribution is -2.16. The molecule has 1 rings (SSSR count). The van der Waals surface area contributed by atoms with Gasteiger partial charge in [0.1, 0.15) is 5.92 Å². The van der Waals surface area contributed by atoms with Gasteiger partial charge in [-0.05, 0) is 13.3 Å². The summed E-state index contributed by atoms with van der Waals surface area (Å²) in [5, 5.41) is 3.95. The molecule has 0 aromatic carbocycles. The van der Waals surface area contributed by atoms with Crippen LogP contribution in [0.25, 0.3) is 0 Å². The van der Waals surface area contributed by atoms with E-state index in [1.165, 1.54) is 0 Å². The van der Waals surface area contributed by atoms with E-state index in [0.717, 1.165) is 6.42 Å². The molecule has 6 heteroatoms. The highest BCUT2D eigenvalue weighted by atomic mass is 32.2. The zero-order chi connectivity index (χ0) is 15.2. The number of esters is 1. The highest BCUT2D eigenvalue weighted by Crippen LogP contribution is 2.27. The van der Waals surface area contributed by atoms with Gasteiger partial charge in [0.2, 0.25) is 5.89 Å². The second kappa shape index (κ2) is 7.67. The van der Waals surface area contributed by atoms with Crippen LogP contribution in [0.5, 0.6) is 0 Å². The molecule has 0 bridgehead atoms. The Hall–Kier alpha value is -1.04. The van der Waals surface area contributed by atoms with Crippen LogP contribution in [0, 0.1) is 0 Å². The van der Waals surface area contributed by atoms with Gasteiger partial charge in [0.05, 0.1) is 12.4 Å². The van der Waals surface area contributed by atoms with Gasteiger partial charge < -0.3 is 9.26 Å². The Morgan fingerprint density at radius 3 is 2.65 bits per heavy atom. The zero-order valence-corrected chi connectivity index (χ0v) is 13.7. The van der Waals surface area contributed by atoms with Gasteiger partial charge in [-0.15, -0.1) is 11.8 Å². The number of rotatable bonds is 7. The SMILES string of the molecule is CCCC(C(=O)OCC)c1nc(CSC(C)(C)C)no1. The second-order valence-corrected chi connectivity index (χ2v) is 7.35. The molecule has 0 spiro atoms. The summed E-state index contributed by atoms with van der Waals surface area (Å²) in [6, 6.07) is 0. The van der Waals surface area contributed by atoms with Crippen LogP contribution in [0.3, 0.4) is 0 Å². The van der Waals surface area contributed by atoms with Gasteiger partial charge in [-0.25, -0.2) is 0 Å². The summed E-state index contributed by atoms with van der Waals surface area (Å²) < 4.78 is 10.4. The second-order valence-electron chi connectivity index (χ2n) is 5.54. The maximum atomic E-state index is 11.9. The molecule has 1 heterocycles. The Morgan fingerprint density at radius 1 is 1.40 bits per heavy atom. The van der Waals surface area contributed by atoms with Crippen molar-refractivity contribution >= 4 is 17.7 Å². The summed E-state index contributed by atoms with van der Waals surface area (Å²) in [5.41, 5.74) is 0. The molecule has 0 saturated heterocycles. The molecule has 0 aliphatic rings. The van der Waals surface area contributed by atoms with E-state index in [1.54, 1.807) is 18.7 Å². The average Bonchev–Trinajstić information content (AvgIpc) is 2.81. The molecule has 0 aliphatic carbocycles. The lowest BCUT2D eigenvalue weighted by molar-refractivity contribution is -0.145. The Labute approximate surface area is 124 Å². The third-order valence-electron chi connectivity index (χ3n) is 2.56. The molecule has 0 saturated carbocycles. The first-order chi connectivity index (χ1) is 9.37. The van der Waals surface area contributed by atoms with Gasteiger partial charge in [0.25, 0.3) is 0 Å². The molecule has 114 valence electrons. The molecule has 0 aliphatic heterocycles. The standard InChI is InChI=1S/C14H24N2O3S/c1-6-8-10(13(17)18-7-2)12-15-11(16-19-12)9-20-14(3,4)5/h10H,6-9H2,1-5H3. The maximum Gasteiger partial charge on any atom is 0.318 e. The fourth-order valence-corrected chi connectivity index (χ4v) is 2.30. The third kappa shape index (κ3) is 5.53. The first-order valence-electron chi connectivity index (χ1n) is 7.00. The highest BCUT2D eigenvalue weighted by molar-refractivity contribution is 7.99. The van der Waals surface area contributed by atoms with Crippen molar-refractivity contribution in [1.29, 1.82) is 0 Å². The van der Waals surface area contributed by atoms with Crippen LogP contribution < -0.4 is 0 Å². The van der Waals surface area contributed by atoms with Crippen molar-refractivity contribution in [3.63, 3.8) is 0 Å².